The molecule has 0 spiro atoms. The fourth-order valence-electron chi connectivity index (χ4n) is 5.40. The number of alkyl carbamates (subject to hydrolysis) is 1. The smallest absolute Gasteiger partial charge is 0.407 e. The van der Waals surface area contributed by atoms with Crippen molar-refractivity contribution in [1.82, 2.24) is 10.2 Å². The number of fused-ring (bicyclic) bond motifs is 3. The fraction of sp³-hybridized carbons (Fsp3) is 0.370. The first-order valence-corrected chi connectivity index (χ1v) is 13.0. The van der Waals surface area contributed by atoms with Crippen molar-refractivity contribution in [3.8, 4) is 11.5 Å². The van der Waals surface area contributed by atoms with E-state index in [4.69, 9.17) is 14.2 Å². The number of ether oxygens (including phenoxy) is 3. The Morgan fingerprint density at radius 2 is 1.76 bits per heavy atom. The second-order valence-electron chi connectivity index (χ2n) is 9.05. The Balaban J connectivity index is 1.58. The summed E-state index contributed by atoms with van der Waals surface area (Å²) in [5, 5.41) is 15.5. The van der Waals surface area contributed by atoms with Crippen molar-refractivity contribution in [1.29, 1.82) is 0 Å². The molecule has 0 bridgehead atoms. The Morgan fingerprint density at radius 1 is 1.11 bits per heavy atom. The Morgan fingerprint density at radius 3 is 2.35 bits per heavy atom. The van der Waals surface area contributed by atoms with Gasteiger partial charge in [0.15, 0.2) is 11.6 Å². The molecule has 2 aromatic carbocycles. The number of amides is 1. The standard InChI is InChI=1S/C27H28N2O7S/c1-4-36-27(33)28-15-9-16(12-30)29(11-15)10-14-13-37-26-19(14)24(34-2)20-21(25(26)35-3)23(32)18-8-6-5-7-17(18)22(20)31/h5-8,13,15-16,30H,4,9-12H2,1-3H3,(H,28,33)/t15-,16-/m0/s1. The highest BCUT2D eigenvalue weighted by Gasteiger charge is 2.39. The highest BCUT2D eigenvalue weighted by Crippen LogP contribution is 2.49. The summed E-state index contributed by atoms with van der Waals surface area (Å²) in [6.45, 7) is 2.93. The van der Waals surface area contributed by atoms with E-state index in [0.29, 0.717) is 47.5 Å². The monoisotopic (exact) mass is 524 g/mol. The van der Waals surface area contributed by atoms with E-state index in [0.717, 1.165) is 10.3 Å². The number of nitrogens with zero attached hydrogens (tertiary/aromatic N) is 1. The van der Waals surface area contributed by atoms with E-state index in [2.05, 4.69) is 10.2 Å². The van der Waals surface area contributed by atoms with Crippen LogP contribution in [0.1, 0.15) is 50.8 Å². The molecule has 10 heteroatoms. The van der Waals surface area contributed by atoms with Gasteiger partial charge >= 0.3 is 6.09 Å². The summed E-state index contributed by atoms with van der Waals surface area (Å²) < 4.78 is 17.3. The zero-order valence-corrected chi connectivity index (χ0v) is 21.6. The maximum atomic E-state index is 13.6. The lowest BCUT2D eigenvalue weighted by Gasteiger charge is -2.25. The third-order valence-corrected chi connectivity index (χ3v) is 8.02. The van der Waals surface area contributed by atoms with Gasteiger partial charge in [0.1, 0.15) is 11.5 Å². The molecule has 0 radical (unpaired) electrons. The van der Waals surface area contributed by atoms with Crippen LogP contribution < -0.4 is 14.8 Å². The van der Waals surface area contributed by atoms with Crippen LogP contribution in [0.15, 0.2) is 29.6 Å². The van der Waals surface area contributed by atoms with Crippen molar-refractivity contribution in [2.75, 3.05) is 34.0 Å². The molecule has 37 heavy (non-hydrogen) atoms. The molecule has 9 nitrogen and oxygen atoms in total. The van der Waals surface area contributed by atoms with Gasteiger partial charge in [-0.25, -0.2) is 4.79 Å². The second-order valence-corrected chi connectivity index (χ2v) is 9.93. The maximum absolute atomic E-state index is 13.6. The summed E-state index contributed by atoms with van der Waals surface area (Å²) in [7, 11) is 2.99. The van der Waals surface area contributed by atoms with E-state index in [9.17, 15) is 19.5 Å². The molecule has 2 atom stereocenters. The minimum Gasteiger partial charge on any atom is -0.495 e. The lowest BCUT2D eigenvalue weighted by Crippen LogP contribution is -2.37. The van der Waals surface area contributed by atoms with Crippen molar-refractivity contribution in [3.63, 3.8) is 0 Å². The average Bonchev–Trinajstić information content (AvgIpc) is 3.49. The number of carbonyl (C=O) groups is 3. The van der Waals surface area contributed by atoms with Gasteiger partial charge in [0.25, 0.3) is 0 Å². The van der Waals surface area contributed by atoms with Crippen LogP contribution in [0.5, 0.6) is 11.5 Å². The molecule has 1 aliphatic heterocycles. The highest BCUT2D eigenvalue weighted by atomic mass is 32.1. The first-order valence-electron chi connectivity index (χ1n) is 12.1. The molecule has 1 aliphatic carbocycles. The van der Waals surface area contributed by atoms with Gasteiger partial charge in [-0.05, 0) is 24.3 Å². The third-order valence-electron chi connectivity index (χ3n) is 6.99. The molecule has 0 unspecified atom stereocenters. The van der Waals surface area contributed by atoms with E-state index in [-0.39, 0.29) is 48.0 Å². The van der Waals surface area contributed by atoms with E-state index in [1.54, 1.807) is 31.2 Å². The number of carbonyl (C=O) groups excluding carboxylic acids is 3. The van der Waals surface area contributed by atoms with Gasteiger partial charge in [0, 0.05) is 41.7 Å². The summed E-state index contributed by atoms with van der Waals surface area (Å²) in [6, 6.07) is 6.44. The number of nitrogens with one attached hydrogen (secondary N) is 1. The molecule has 0 saturated carbocycles. The zero-order valence-electron chi connectivity index (χ0n) is 20.8. The van der Waals surface area contributed by atoms with Crippen LogP contribution in [0.25, 0.3) is 10.1 Å². The summed E-state index contributed by atoms with van der Waals surface area (Å²) in [5.74, 6) is 0.144. The van der Waals surface area contributed by atoms with Gasteiger partial charge in [-0.2, -0.15) is 0 Å². The third kappa shape index (κ3) is 4.14. The van der Waals surface area contributed by atoms with Crippen LogP contribution in [0, 0.1) is 0 Å². The summed E-state index contributed by atoms with van der Waals surface area (Å²) >= 11 is 1.41. The predicted octanol–water partition coefficient (Wildman–Crippen LogP) is 3.38. The normalized spacial score (nSPS) is 19.0. The molecule has 1 saturated heterocycles. The van der Waals surface area contributed by atoms with Gasteiger partial charge in [0.05, 0.1) is 43.3 Å². The molecule has 1 aromatic heterocycles. The summed E-state index contributed by atoms with van der Waals surface area (Å²) in [6.07, 6.45) is 0.102. The minimum atomic E-state index is -0.478. The number of benzene rings is 2. The highest BCUT2D eigenvalue weighted by molar-refractivity contribution is 7.18. The molecule has 1 amide bonds. The predicted molar refractivity (Wildman–Crippen MR) is 138 cm³/mol. The quantitative estimate of drug-likeness (QED) is 0.378. The second kappa shape index (κ2) is 10.1. The average molecular weight is 525 g/mol. The first kappa shape index (κ1) is 25.2. The fourth-order valence-corrected chi connectivity index (χ4v) is 6.49. The molecule has 194 valence electrons. The topological polar surface area (TPSA) is 114 Å². The lowest BCUT2D eigenvalue weighted by atomic mass is 9.82. The van der Waals surface area contributed by atoms with E-state index < -0.39 is 6.09 Å². The molecule has 3 aromatic rings. The van der Waals surface area contributed by atoms with Crippen LogP contribution in [0.2, 0.25) is 0 Å². The number of likely N-dealkylation sites (tertiary alicyclic amines) is 1. The molecule has 1 fully saturated rings. The van der Waals surface area contributed by atoms with Crippen molar-refractivity contribution in [2.24, 2.45) is 0 Å². The largest absolute Gasteiger partial charge is 0.495 e. The minimum absolute atomic E-state index is 0.0668. The van der Waals surface area contributed by atoms with Crippen LogP contribution in [0.4, 0.5) is 4.79 Å². The van der Waals surface area contributed by atoms with Crippen molar-refractivity contribution >= 4 is 39.1 Å². The number of hydrogen-bond acceptors (Lipinski definition) is 9. The molecular weight excluding hydrogens is 496 g/mol. The van der Waals surface area contributed by atoms with E-state index in [1.165, 1.54) is 25.6 Å². The number of aliphatic hydroxyl groups is 1. The Bertz CT molecular complexity index is 1400. The Hall–Kier alpha value is -3.47. The summed E-state index contributed by atoms with van der Waals surface area (Å²) in [4.78, 5) is 41.2. The summed E-state index contributed by atoms with van der Waals surface area (Å²) in [5.41, 5.74) is 1.99. The van der Waals surface area contributed by atoms with Crippen LogP contribution in [-0.4, -0.2) is 73.7 Å². The SMILES string of the molecule is CCOC(=O)N[C@H]1C[C@@H](CO)N(Cc2csc3c(OC)c4c(c(OC)c23)C(=O)c2ccccc2C4=O)C1. The molecule has 2 heterocycles. The zero-order chi connectivity index (χ0) is 26.3. The van der Waals surface area contributed by atoms with Crippen molar-refractivity contribution in [3.05, 3.63) is 57.5 Å². The lowest BCUT2D eigenvalue weighted by molar-refractivity contribution is 0.0974. The van der Waals surface area contributed by atoms with Crippen LogP contribution in [0.3, 0.4) is 0 Å². The van der Waals surface area contributed by atoms with Crippen molar-refractivity contribution < 1.29 is 33.7 Å². The Labute approximate surface area is 217 Å². The van der Waals surface area contributed by atoms with E-state index >= 15 is 0 Å². The number of aliphatic hydroxyl groups excluding tert-OH is 1. The molecule has 2 N–H and O–H groups in total. The number of methoxy groups -OCH3 is 2. The van der Waals surface area contributed by atoms with Crippen molar-refractivity contribution in [2.45, 2.75) is 32.0 Å². The number of ketones is 2. The van der Waals surface area contributed by atoms with Gasteiger partial charge < -0.3 is 24.6 Å². The van der Waals surface area contributed by atoms with E-state index in [1.807, 2.05) is 5.38 Å². The van der Waals surface area contributed by atoms with Gasteiger partial charge in [0.2, 0.25) is 0 Å². The van der Waals surface area contributed by atoms with Crippen LogP contribution in [-0.2, 0) is 11.3 Å². The molecular formula is C27H28N2O7S. The van der Waals surface area contributed by atoms with Crippen LogP contribution >= 0.6 is 11.3 Å². The van der Waals surface area contributed by atoms with Gasteiger partial charge in [-0.3, -0.25) is 14.5 Å². The number of rotatable bonds is 7. The number of hydrogen-bond donors (Lipinski definition) is 2. The Kier molecular flexibility index (Phi) is 6.89. The first-order chi connectivity index (χ1) is 17.9. The van der Waals surface area contributed by atoms with Gasteiger partial charge in [-0.1, -0.05) is 24.3 Å². The maximum Gasteiger partial charge on any atom is 0.407 e. The number of thiophene rings is 1. The van der Waals surface area contributed by atoms with Gasteiger partial charge in [-0.15, -0.1) is 11.3 Å². The molecule has 5 rings (SSSR count). The molecule has 2 aliphatic rings.